The summed E-state index contributed by atoms with van der Waals surface area (Å²) < 4.78 is 5.14. The van der Waals surface area contributed by atoms with Gasteiger partial charge in [0.05, 0.1) is 29.3 Å². The smallest absolute Gasteiger partial charge is 0.301 e. The van der Waals surface area contributed by atoms with Crippen LogP contribution < -0.4 is 9.64 Å². The number of aromatic hydroxyl groups is 1. The summed E-state index contributed by atoms with van der Waals surface area (Å²) in [5.74, 6) is -1.72. The van der Waals surface area contributed by atoms with E-state index in [1.807, 2.05) is 0 Å². The number of carbonyl (C=O) groups excluding carboxylic acids is 3. The van der Waals surface area contributed by atoms with Crippen molar-refractivity contribution in [2.24, 2.45) is 0 Å². The van der Waals surface area contributed by atoms with Crippen LogP contribution in [0.1, 0.15) is 39.5 Å². The molecule has 0 bridgehead atoms. The van der Waals surface area contributed by atoms with Gasteiger partial charge in [-0.2, -0.15) is 0 Å². The average Bonchev–Trinajstić information content (AvgIpc) is 3.31. The first-order valence-corrected chi connectivity index (χ1v) is 10.8. The van der Waals surface area contributed by atoms with Gasteiger partial charge in [0.2, 0.25) is 0 Å². The maximum absolute atomic E-state index is 13.1. The highest BCUT2D eigenvalue weighted by molar-refractivity contribution is 7.18. The van der Waals surface area contributed by atoms with E-state index in [4.69, 9.17) is 4.74 Å². The Morgan fingerprint density at radius 1 is 1.09 bits per heavy atom. The molecule has 2 heterocycles. The Kier molecular flexibility index (Phi) is 5.73. The zero-order valence-electron chi connectivity index (χ0n) is 18.0. The number of aliphatic hydroxyl groups is 1. The number of amides is 1. The van der Waals surface area contributed by atoms with Gasteiger partial charge in [-0.05, 0) is 48.9 Å². The second-order valence-corrected chi connectivity index (χ2v) is 8.43. The van der Waals surface area contributed by atoms with Gasteiger partial charge in [-0.15, -0.1) is 0 Å². The standard InChI is InChI=1S/C24H20N2O6S/c1-12-22(13(2)27)33-24(25-12)26-19(14-4-8-16(28)9-5-14)18(21(30)23(26)31)20(29)15-6-10-17(32-3)11-7-15/h4-11,19,28-29H,1-3H3/t19-/m0/s1. The molecular formula is C24H20N2O6S. The third-order valence-electron chi connectivity index (χ3n) is 5.33. The molecule has 1 aliphatic rings. The minimum atomic E-state index is -1.00. The number of hydrogen-bond acceptors (Lipinski definition) is 8. The van der Waals surface area contributed by atoms with Crippen molar-refractivity contribution in [2.75, 3.05) is 12.0 Å². The van der Waals surface area contributed by atoms with Crippen LogP contribution in [0, 0.1) is 6.92 Å². The van der Waals surface area contributed by atoms with Gasteiger partial charge in [0.15, 0.2) is 10.9 Å². The molecule has 4 rings (SSSR count). The molecule has 9 heteroatoms. The van der Waals surface area contributed by atoms with Crippen LogP contribution in [0.2, 0.25) is 0 Å². The number of rotatable bonds is 5. The monoisotopic (exact) mass is 464 g/mol. The summed E-state index contributed by atoms with van der Waals surface area (Å²) >= 11 is 1.01. The first-order valence-electron chi connectivity index (χ1n) is 9.95. The molecule has 2 N–H and O–H groups in total. The number of ketones is 2. The number of Topliss-reactive ketones (excluding diaryl/α,β-unsaturated/α-hetero) is 2. The van der Waals surface area contributed by atoms with Crippen molar-refractivity contribution < 1.29 is 29.3 Å². The number of phenols is 1. The van der Waals surface area contributed by atoms with Gasteiger partial charge in [0, 0.05) is 12.5 Å². The number of hydrogen-bond donors (Lipinski definition) is 2. The molecule has 3 aromatic rings. The summed E-state index contributed by atoms with van der Waals surface area (Å²) in [6, 6.07) is 11.4. The molecule has 168 valence electrons. The number of nitrogens with zero attached hydrogens (tertiary/aromatic N) is 2. The van der Waals surface area contributed by atoms with Crippen molar-refractivity contribution >= 4 is 39.7 Å². The Labute approximate surface area is 193 Å². The quantitative estimate of drug-likeness (QED) is 0.254. The molecule has 1 aromatic heterocycles. The number of phenolic OH excluding ortho intramolecular Hbond substituents is 1. The van der Waals surface area contributed by atoms with Gasteiger partial charge in [-0.1, -0.05) is 23.5 Å². The van der Waals surface area contributed by atoms with Crippen LogP contribution in [-0.2, 0) is 9.59 Å². The lowest BCUT2D eigenvalue weighted by Gasteiger charge is -2.23. The number of thiazole rings is 1. The van der Waals surface area contributed by atoms with Crippen molar-refractivity contribution in [1.82, 2.24) is 4.98 Å². The Balaban J connectivity index is 1.92. The maximum Gasteiger partial charge on any atom is 0.301 e. The van der Waals surface area contributed by atoms with Gasteiger partial charge in [-0.25, -0.2) is 4.98 Å². The molecule has 0 unspecified atom stereocenters. The van der Waals surface area contributed by atoms with E-state index in [1.165, 1.54) is 31.1 Å². The number of anilines is 1. The minimum absolute atomic E-state index is 0.00909. The number of aliphatic hydroxyl groups excluding tert-OH is 1. The number of aryl methyl sites for hydroxylation is 1. The number of aromatic nitrogens is 1. The molecule has 2 aromatic carbocycles. The van der Waals surface area contributed by atoms with Gasteiger partial charge >= 0.3 is 5.91 Å². The Morgan fingerprint density at radius 2 is 1.73 bits per heavy atom. The van der Waals surface area contributed by atoms with Crippen molar-refractivity contribution in [1.29, 1.82) is 0 Å². The zero-order valence-corrected chi connectivity index (χ0v) is 18.8. The van der Waals surface area contributed by atoms with Gasteiger partial charge in [0.1, 0.15) is 17.3 Å². The topological polar surface area (TPSA) is 117 Å². The predicted molar refractivity (Wildman–Crippen MR) is 123 cm³/mol. The second-order valence-electron chi connectivity index (χ2n) is 7.46. The largest absolute Gasteiger partial charge is 0.508 e. The van der Waals surface area contributed by atoms with Crippen LogP contribution in [0.25, 0.3) is 5.76 Å². The summed E-state index contributed by atoms with van der Waals surface area (Å²) in [6.07, 6.45) is 0. The maximum atomic E-state index is 13.1. The third kappa shape index (κ3) is 3.87. The number of methoxy groups -OCH3 is 1. The van der Waals surface area contributed by atoms with E-state index in [2.05, 4.69) is 4.98 Å². The molecule has 1 atom stereocenters. The normalized spacial score (nSPS) is 17.4. The summed E-state index contributed by atoms with van der Waals surface area (Å²) in [6.45, 7) is 3.06. The molecule has 1 saturated heterocycles. The van der Waals surface area contributed by atoms with Crippen molar-refractivity contribution in [3.63, 3.8) is 0 Å². The molecular weight excluding hydrogens is 444 g/mol. The van der Waals surface area contributed by atoms with E-state index >= 15 is 0 Å². The van der Waals surface area contributed by atoms with Gasteiger partial charge in [-0.3, -0.25) is 19.3 Å². The fourth-order valence-corrected chi connectivity index (χ4v) is 4.71. The fraction of sp³-hybridized carbons (Fsp3) is 0.167. The van der Waals surface area contributed by atoms with E-state index in [0.29, 0.717) is 27.4 Å². The first-order chi connectivity index (χ1) is 15.7. The number of ether oxygens (including phenoxy) is 1. The molecule has 33 heavy (non-hydrogen) atoms. The van der Waals surface area contributed by atoms with E-state index in [9.17, 15) is 24.6 Å². The predicted octanol–water partition coefficient (Wildman–Crippen LogP) is 3.99. The number of carbonyl (C=O) groups is 3. The lowest BCUT2D eigenvalue weighted by molar-refractivity contribution is -0.132. The Bertz CT molecular complexity index is 1290. The summed E-state index contributed by atoms with van der Waals surface area (Å²) in [4.78, 5) is 44.1. The number of benzene rings is 2. The van der Waals surface area contributed by atoms with Crippen LogP contribution in [0.4, 0.5) is 5.13 Å². The van der Waals surface area contributed by atoms with Crippen LogP contribution in [-0.4, -0.2) is 39.8 Å². The van der Waals surface area contributed by atoms with Crippen molar-refractivity contribution in [3.05, 3.63) is 75.8 Å². The van der Waals surface area contributed by atoms with Crippen LogP contribution >= 0.6 is 11.3 Å². The van der Waals surface area contributed by atoms with Crippen LogP contribution in [0.3, 0.4) is 0 Å². The molecule has 0 spiro atoms. The van der Waals surface area contributed by atoms with E-state index < -0.39 is 17.7 Å². The average molecular weight is 464 g/mol. The van der Waals surface area contributed by atoms with Crippen molar-refractivity contribution in [3.8, 4) is 11.5 Å². The van der Waals surface area contributed by atoms with E-state index in [-0.39, 0.29) is 28.0 Å². The molecule has 1 fully saturated rings. The van der Waals surface area contributed by atoms with Crippen LogP contribution in [0.5, 0.6) is 11.5 Å². The molecule has 1 amide bonds. The Hall–Kier alpha value is -3.98. The molecule has 0 saturated carbocycles. The first kappa shape index (κ1) is 22.2. The van der Waals surface area contributed by atoms with Crippen LogP contribution in [0.15, 0.2) is 54.1 Å². The van der Waals surface area contributed by atoms with Gasteiger partial charge < -0.3 is 14.9 Å². The van der Waals surface area contributed by atoms with E-state index in [1.54, 1.807) is 43.3 Å². The SMILES string of the molecule is COc1ccc(C(O)=C2C(=O)C(=O)N(c3nc(C)c(C(C)=O)s3)[C@H]2c2ccc(O)cc2)cc1. The van der Waals surface area contributed by atoms with E-state index in [0.717, 1.165) is 11.3 Å². The zero-order chi connectivity index (χ0) is 23.9. The Morgan fingerprint density at radius 3 is 2.27 bits per heavy atom. The molecule has 8 nitrogen and oxygen atoms in total. The highest BCUT2D eigenvalue weighted by Gasteiger charge is 2.48. The summed E-state index contributed by atoms with van der Waals surface area (Å²) in [7, 11) is 1.51. The highest BCUT2D eigenvalue weighted by Crippen LogP contribution is 2.44. The van der Waals surface area contributed by atoms with Crippen molar-refractivity contribution in [2.45, 2.75) is 19.9 Å². The highest BCUT2D eigenvalue weighted by atomic mass is 32.1. The fourth-order valence-electron chi connectivity index (χ4n) is 3.72. The molecule has 0 aliphatic carbocycles. The second kappa shape index (κ2) is 8.51. The molecule has 1 aliphatic heterocycles. The molecule has 0 radical (unpaired) electrons. The minimum Gasteiger partial charge on any atom is -0.508 e. The van der Waals surface area contributed by atoms with Gasteiger partial charge in [0.25, 0.3) is 5.78 Å². The third-order valence-corrected chi connectivity index (χ3v) is 6.59. The lowest BCUT2D eigenvalue weighted by atomic mass is 9.95. The lowest BCUT2D eigenvalue weighted by Crippen LogP contribution is -2.29. The summed E-state index contributed by atoms with van der Waals surface area (Å²) in [5, 5.41) is 21.0. The summed E-state index contributed by atoms with van der Waals surface area (Å²) in [5.41, 5.74) is 1.15.